The highest BCUT2D eigenvalue weighted by Gasteiger charge is 2.19. The monoisotopic (exact) mass is 475 g/mol. The summed E-state index contributed by atoms with van der Waals surface area (Å²) in [6.07, 6.45) is 1.80. The number of carbonyl (C=O) groups is 1. The van der Waals surface area contributed by atoms with Gasteiger partial charge in [0.2, 0.25) is 5.91 Å². The molecular formula is C27H33N5O3. The van der Waals surface area contributed by atoms with Crippen molar-refractivity contribution in [2.75, 3.05) is 19.8 Å². The number of rotatable bonds is 10. The van der Waals surface area contributed by atoms with Crippen LogP contribution in [0.1, 0.15) is 26.3 Å². The maximum Gasteiger partial charge on any atom is 0.329 e. The second-order valence-electron chi connectivity index (χ2n) is 8.46. The van der Waals surface area contributed by atoms with Crippen LogP contribution < -0.4 is 11.0 Å². The SMILES string of the molecule is CCOCCNC(=O)Cn1ncc(-c2ccc3c(c2)n(CC)c(=O)n3CC)c1-c1cccc(C)c1. The number of hydrogen-bond donors (Lipinski definition) is 1. The van der Waals surface area contributed by atoms with Gasteiger partial charge >= 0.3 is 5.69 Å². The van der Waals surface area contributed by atoms with Crippen molar-refractivity contribution in [2.24, 2.45) is 0 Å². The maximum absolute atomic E-state index is 12.8. The molecule has 35 heavy (non-hydrogen) atoms. The second kappa shape index (κ2) is 10.7. The number of benzene rings is 2. The van der Waals surface area contributed by atoms with Crippen molar-refractivity contribution in [3.63, 3.8) is 0 Å². The second-order valence-corrected chi connectivity index (χ2v) is 8.46. The third-order valence-corrected chi connectivity index (χ3v) is 6.16. The van der Waals surface area contributed by atoms with Crippen molar-refractivity contribution < 1.29 is 9.53 Å². The van der Waals surface area contributed by atoms with Gasteiger partial charge in [-0.25, -0.2) is 4.79 Å². The van der Waals surface area contributed by atoms with Gasteiger partial charge in [0, 0.05) is 37.4 Å². The molecule has 0 saturated heterocycles. The lowest BCUT2D eigenvalue weighted by molar-refractivity contribution is -0.122. The van der Waals surface area contributed by atoms with Crippen molar-refractivity contribution in [2.45, 2.75) is 47.3 Å². The smallest absolute Gasteiger partial charge is 0.329 e. The Morgan fingerprint density at radius 1 is 1.00 bits per heavy atom. The van der Waals surface area contributed by atoms with Crippen molar-refractivity contribution in [1.82, 2.24) is 24.2 Å². The van der Waals surface area contributed by atoms with Crippen molar-refractivity contribution in [1.29, 1.82) is 0 Å². The molecule has 0 fully saturated rings. The van der Waals surface area contributed by atoms with E-state index in [4.69, 9.17) is 4.74 Å². The van der Waals surface area contributed by atoms with E-state index in [9.17, 15) is 9.59 Å². The van der Waals surface area contributed by atoms with E-state index in [1.807, 2.05) is 58.0 Å². The topological polar surface area (TPSA) is 83.1 Å². The molecule has 0 aliphatic rings. The van der Waals surface area contributed by atoms with Gasteiger partial charge in [0.25, 0.3) is 0 Å². The molecule has 1 amide bonds. The number of hydrogen-bond acceptors (Lipinski definition) is 4. The summed E-state index contributed by atoms with van der Waals surface area (Å²) < 4.78 is 10.6. The minimum atomic E-state index is -0.122. The Morgan fingerprint density at radius 2 is 1.77 bits per heavy atom. The normalized spacial score (nSPS) is 11.3. The Balaban J connectivity index is 1.78. The molecule has 2 aromatic heterocycles. The predicted octanol–water partition coefficient (Wildman–Crippen LogP) is 3.83. The van der Waals surface area contributed by atoms with Gasteiger partial charge in [-0.3, -0.25) is 18.6 Å². The summed E-state index contributed by atoms with van der Waals surface area (Å²) in [5.41, 5.74) is 6.66. The van der Waals surface area contributed by atoms with Gasteiger partial charge in [-0.1, -0.05) is 29.8 Å². The van der Waals surface area contributed by atoms with Gasteiger partial charge in [0.05, 0.1) is 29.5 Å². The third-order valence-electron chi connectivity index (χ3n) is 6.16. The predicted molar refractivity (Wildman–Crippen MR) is 138 cm³/mol. The zero-order chi connectivity index (χ0) is 24.9. The summed E-state index contributed by atoms with van der Waals surface area (Å²) in [6, 6.07) is 14.3. The molecule has 4 rings (SSSR count). The summed E-state index contributed by atoms with van der Waals surface area (Å²) in [5, 5.41) is 7.49. The van der Waals surface area contributed by atoms with Gasteiger partial charge in [0.15, 0.2) is 0 Å². The number of nitrogens with zero attached hydrogens (tertiary/aromatic N) is 4. The first-order valence-corrected chi connectivity index (χ1v) is 12.2. The number of nitrogens with one attached hydrogen (secondary N) is 1. The van der Waals surface area contributed by atoms with Crippen molar-refractivity contribution in [3.05, 3.63) is 64.7 Å². The molecule has 2 aromatic carbocycles. The number of imidazole rings is 1. The van der Waals surface area contributed by atoms with Crippen LogP contribution in [0.5, 0.6) is 0 Å². The molecule has 184 valence electrons. The van der Waals surface area contributed by atoms with Gasteiger partial charge in [-0.2, -0.15) is 5.10 Å². The number of aromatic nitrogens is 4. The van der Waals surface area contributed by atoms with E-state index < -0.39 is 0 Å². The van der Waals surface area contributed by atoms with Crippen LogP contribution in [0.2, 0.25) is 0 Å². The van der Waals surface area contributed by atoms with E-state index in [1.54, 1.807) is 20.0 Å². The third kappa shape index (κ3) is 4.93. The lowest BCUT2D eigenvalue weighted by Crippen LogP contribution is -2.31. The highest BCUT2D eigenvalue weighted by atomic mass is 16.5. The minimum absolute atomic E-state index is 0.000441. The van der Waals surface area contributed by atoms with Gasteiger partial charge in [-0.15, -0.1) is 0 Å². The Labute approximate surface area is 205 Å². The summed E-state index contributed by atoms with van der Waals surface area (Å²) >= 11 is 0. The highest BCUT2D eigenvalue weighted by molar-refractivity contribution is 5.88. The van der Waals surface area contributed by atoms with Crippen LogP contribution in [0.15, 0.2) is 53.5 Å². The van der Waals surface area contributed by atoms with E-state index in [2.05, 4.69) is 22.5 Å². The van der Waals surface area contributed by atoms with Crippen LogP contribution in [0.4, 0.5) is 0 Å². The van der Waals surface area contributed by atoms with Crippen LogP contribution >= 0.6 is 0 Å². The molecule has 0 bridgehead atoms. The van der Waals surface area contributed by atoms with Crippen molar-refractivity contribution >= 4 is 16.9 Å². The molecule has 4 aromatic rings. The van der Waals surface area contributed by atoms with Gasteiger partial charge < -0.3 is 10.1 Å². The van der Waals surface area contributed by atoms with E-state index in [0.717, 1.165) is 39.0 Å². The molecular weight excluding hydrogens is 442 g/mol. The standard InChI is InChI=1S/C27H33N5O3/c1-5-30-23-12-11-20(16-24(23)31(6-2)27(30)34)22-17-29-32(18-25(33)28-13-14-35-7-3)26(22)21-10-8-9-19(4)15-21/h8-12,15-17H,5-7,13-14,18H2,1-4H3,(H,28,33). The molecule has 0 radical (unpaired) electrons. The number of carbonyl (C=O) groups excluding carboxylic acids is 1. The van der Waals surface area contributed by atoms with Crippen molar-refractivity contribution in [3.8, 4) is 22.4 Å². The van der Waals surface area contributed by atoms with Crippen LogP contribution in [0.3, 0.4) is 0 Å². The molecule has 2 heterocycles. The minimum Gasteiger partial charge on any atom is -0.380 e. The molecule has 8 heteroatoms. The zero-order valence-corrected chi connectivity index (χ0v) is 20.9. The van der Waals surface area contributed by atoms with Gasteiger partial charge in [0.1, 0.15) is 6.54 Å². The summed E-state index contributed by atoms with van der Waals surface area (Å²) in [5.74, 6) is -0.122. The first-order valence-electron chi connectivity index (χ1n) is 12.2. The maximum atomic E-state index is 12.8. The Bertz CT molecular complexity index is 1400. The first-order chi connectivity index (χ1) is 17.0. The van der Waals surface area contributed by atoms with Crippen LogP contribution in [-0.4, -0.2) is 44.6 Å². The van der Waals surface area contributed by atoms with Crippen LogP contribution in [-0.2, 0) is 29.2 Å². The number of ether oxygens (including phenoxy) is 1. The molecule has 0 unspecified atom stereocenters. The zero-order valence-electron chi connectivity index (χ0n) is 20.9. The number of fused-ring (bicyclic) bond motifs is 1. The molecule has 0 saturated carbocycles. The average molecular weight is 476 g/mol. The lowest BCUT2D eigenvalue weighted by atomic mass is 10.00. The molecule has 0 atom stereocenters. The molecule has 8 nitrogen and oxygen atoms in total. The van der Waals surface area contributed by atoms with E-state index in [-0.39, 0.29) is 18.1 Å². The quantitative estimate of drug-likeness (QED) is 0.353. The fraction of sp³-hybridized carbons (Fsp3) is 0.370. The fourth-order valence-electron chi connectivity index (χ4n) is 4.51. The van der Waals surface area contributed by atoms with Crippen LogP contribution in [0.25, 0.3) is 33.4 Å². The first kappa shape index (κ1) is 24.5. The summed E-state index contributed by atoms with van der Waals surface area (Å²) in [7, 11) is 0. The van der Waals surface area contributed by atoms with E-state index >= 15 is 0 Å². The fourth-order valence-corrected chi connectivity index (χ4v) is 4.51. The van der Waals surface area contributed by atoms with E-state index in [1.165, 1.54) is 0 Å². The number of amides is 1. The number of aryl methyl sites for hydroxylation is 3. The Kier molecular flexibility index (Phi) is 7.51. The average Bonchev–Trinajstić information content (AvgIpc) is 3.38. The summed E-state index contributed by atoms with van der Waals surface area (Å²) in [4.78, 5) is 25.5. The molecule has 0 aliphatic heterocycles. The van der Waals surface area contributed by atoms with Crippen LogP contribution in [0, 0.1) is 6.92 Å². The molecule has 0 spiro atoms. The molecule has 1 N–H and O–H groups in total. The summed E-state index contributed by atoms with van der Waals surface area (Å²) in [6.45, 7) is 10.8. The largest absolute Gasteiger partial charge is 0.380 e. The Hall–Kier alpha value is -3.65. The molecule has 0 aliphatic carbocycles. The van der Waals surface area contributed by atoms with E-state index in [0.29, 0.717) is 32.8 Å². The lowest BCUT2D eigenvalue weighted by Gasteiger charge is -2.12. The van der Waals surface area contributed by atoms with Gasteiger partial charge in [-0.05, 0) is 51.5 Å². The highest BCUT2D eigenvalue weighted by Crippen LogP contribution is 2.34. The Morgan fingerprint density at radius 3 is 2.49 bits per heavy atom.